The number of ether oxygens (including phenoxy) is 2. The normalized spacial score (nSPS) is 18.3. The van der Waals surface area contributed by atoms with Gasteiger partial charge in [0.15, 0.2) is 5.12 Å². The number of carbonyl (C=O) groups is 3. The number of hydrogen-bond acceptors (Lipinski definition) is 13. The topological polar surface area (TPSA) is 146 Å². The van der Waals surface area contributed by atoms with Crippen molar-refractivity contribution < 1.29 is 23.9 Å². The Kier molecular flexibility index (Phi) is 10.0. The Morgan fingerprint density at radius 3 is 1.93 bits per heavy atom. The van der Waals surface area contributed by atoms with Crippen LogP contribution in [0.5, 0.6) is 0 Å². The zero-order chi connectivity index (χ0) is 36.8. The van der Waals surface area contributed by atoms with E-state index < -0.39 is 0 Å². The van der Waals surface area contributed by atoms with Crippen LogP contribution in [-0.4, -0.2) is 122 Å². The number of rotatable bonds is 2. The van der Waals surface area contributed by atoms with Crippen molar-refractivity contribution in [3.8, 4) is 0 Å². The van der Waals surface area contributed by atoms with Crippen molar-refractivity contribution in [2.45, 2.75) is 37.2 Å². The van der Waals surface area contributed by atoms with Crippen molar-refractivity contribution in [1.82, 2.24) is 39.5 Å². The molecule has 4 amide bonds. The van der Waals surface area contributed by atoms with E-state index in [1.54, 1.807) is 29.0 Å². The zero-order valence-corrected chi connectivity index (χ0v) is 32.4. The van der Waals surface area contributed by atoms with Crippen LogP contribution in [0.25, 0.3) is 20.4 Å². The fraction of sp³-hybridized carbons (Fsp3) is 0.417. The van der Waals surface area contributed by atoms with Crippen molar-refractivity contribution in [2.24, 2.45) is 0 Å². The second-order valence-corrected chi connectivity index (χ2v) is 17.1. The second kappa shape index (κ2) is 15.2. The third-order valence-corrected chi connectivity index (χ3v) is 13.7. The maximum atomic E-state index is 12.9. The first-order valence-electron chi connectivity index (χ1n) is 17.9. The molecule has 0 saturated carbocycles. The molecule has 2 fully saturated rings. The number of thiophene rings is 2. The maximum Gasteiger partial charge on any atom is 0.320 e. The molecule has 54 heavy (non-hydrogen) atoms. The van der Waals surface area contributed by atoms with E-state index in [0.717, 1.165) is 55.2 Å². The summed E-state index contributed by atoms with van der Waals surface area (Å²) in [5.41, 5.74) is 4.42. The highest BCUT2D eigenvalue weighted by atomic mass is 35.5. The predicted molar refractivity (Wildman–Crippen MR) is 208 cm³/mol. The molecular formula is C36H36ClN9O5S3. The van der Waals surface area contributed by atoms with Gasteiger partial charge in [0.05, 0.1) is 50.3 Å². The van der Waals surface area contributed by atoms with Gasteiger partial charge in [-0.15, -0.1) is 22.7 Å². The van der Waals surface area contributed by atoms with Gasteiger partial charge in [-0.3, -0.25) is 4.79 Å². The lowest BCUT2D eigenvalue weighted by atomic mass is 10.0. The minimum Gasteiger partial charge on any atom is -0.378 e. The van der Waals surface area contributed by atoms with Crippen LogP contribution in [0.15, 0.2) is 35.7 Å². The van der Waals surface area contributed by atoms with E-state index in [2.05, 4.69) is 25.3 Å². The molecule has 10 rings (SSSR count). The quantitative estimate of drug-likeness (QED) is 0.224. The summed E-state index contributed by atoms with van der Waals surface area (Å²) in [6.07, 6.45) is 5.15. The van der Waals surface area contributed by atoms with Crippen molar-refractivity contribution >= 4 is 95.2 Å². The molecule has 1 aromatic carbocycles. The minimum atomic E-state index is 0.0889. The highest BCUT2D eigenvalue weighted by molar-refractivity contribution is 8.14. The summed E-state index contributed by atoms with van der Waals surface area (Å²) in [4.78, 5) is 67.4. The average molecular weight is 806 g/mol. The van der Waals surface area contributed by atoms with E-state index in [0.29, 0.717) is 90.4 Å². The Bertz CT molecular complexity index is 2270. The lowest BCUT2D eigenvalue weighted by Crippen LogP contribution is -2.49. The largest absolute Gasteiger partial charge is 0.378 e. The summed E-state index contributed by atoms with van der Waals surface area (Å²) < 4.78 is 10.7. The fourth-order valence-electron chi connectivity index (χ4n) is 7.47. The molecule has 18 heteroatoms. The van der Waals surface area contributed by atoms with Crippen LogP contribution in [0.1, 0.15) is 26.4 Å². The molecule has 0 spiro atoms. The summed E-state index contributed by atoms with van der Waals surface area (Å²) in [7, 11) is 0. The number of thioether (sulfide) groups is 1. The van der Waals surface area contributed by atoms with E-state index in [4.69, 9.17) is 21.1 Å². The van der Waals surface area contributed by atoms with Gasteiger partial charge in [-0.1, -0.05) is 29.4 Å². The highest BCUT2D eigenvalue weighted by Gasteiger charge is 2.31. The molecule has 1 N–H and O–H groups in total. The summed E-state index contributed by atoms with van der Waals surface area (Å²) in [6.45, 7) is 7.72. The lowest BCUT2D eigenvalue weighted by molar-refractivity contribution is -0.110. The van der Waals surface area contributed by atoms with Crippen LogP contribution in [-0.2, 0) is 46.6 Å². The van der Waals surface area contributed by atoms with E-state index in [9.17, 15) is 14.4 Å². The van der Waals surface area contributed by atoms with Crippen LogP contribution < -0.4 is 5.32 Å². The Balaban J connectivity index is 0.000000153. The monoisotopic (exact) mass is 805 g/mol. The van der Waals surface area contributed by atoms with E-state index in [1.807, 2.05) is 37.8 Å². The van der Waals surface area contributed by atoms with Crippen molar-refractivity contribution in [3.63, 3.8) is 0 Å². The number of nitrogens with one attached hydrogen (secondary N) is 1. The van der Waals surface area contributed by atoms with Gasteiger partial charge < -0.3 is 34.4 Å². The van der Waals surface area contributed by atoms with E-state index in [1.165, 1.54) is 39.0 Å². The number of urea groups is 2. The molecule has 14 nitrogen and oxygen atoms in total. The summed E-state index contributed by atoms with van der Waals surface area (Å²) >= 11 is 10.8. The van der Waals surface area contributed by atoms with Crippen molar-refractivity contribution in [2.75, 3.05) is 71.0 Å². The number of carbonyl (C=O) groups excluding carboxylic acids is 3. The third kappa shape index (κ3) is 6.97. The van der Waals surface area contributed by atoms with Crippen LogP contribution in [0.2, 0.25) is 5.15 Å². The van der Waals surface area contributed by atoms with Crippen molar-refractivity contribution in [1.29, 1.82) is 0 Å². The molecule has 0 unspecified atom stereocenters. The molecule has 0 bridgehead atoms. The van der Waals surface area contributed by atoms with Gasteiger partial charge in [0.25, 0.3) is 0 Å². The van der Waals surface area contributed by atoms with E-state index >= 15 is 0 Å². The highest BCUT2D eigenvalue weighted by Crippen LogP contribution is 2.40. The molecular weight excluding hydrogens is 770 g/mol. The molecule has 5 aromatic rings. The summed E-state index contributed by atoms with van der Waals surface area (Å²) in [6, 6.07) is 6.20. The minimum absolute atomic E-state index is 0.0889. The van der Waals surface area contributed by atoms with E-state index in [-0.39, 0.29) is 17.2 Å². The average Bonchev–Trinajstić information content (AvgIpc) is 3.90. The molecule has 0 radical (unpaired) electrons. The van der Waals surface area contributed by atoms with Gasteiger partial charge in [0.1, 0.15) is 33.3 Å². The maximum absolute atomic E-state index is 12.9. The molecule has 5 aliphatic heterocycles. The number of anilines is 2. The molecule has 9 heterocycles. The van der Waals surface area contributed by atoms with Gasteiger partial charge in [0, 0.05) is 66.0 Å². The number of aromatic nitrogens is 4. The van der Waals surface area contributed by atoms with Gasteiger partial charge >= 0.3 is 12.1 Å². The third-order valence-electron chi connectivity index (χ3n) is 10.2. The molecule has 4 aromatic heterocycles. The van der Waals surface area contributed by atoms with Gasteiger partial charge in [-0.25, -0.2) is 29.5 Å². The number of halogens is 1. The number of fused-ring (bicyclic) bond motifs is 7. The Labute approximate surface area is 327 Å². The van der Waals surface area contributed by atoms with Crippen LogP contribution in [0, 0.1) is 0 Å². The molecule has 280 valence electrons. The number of morpholine rings is 2. The van der Waals surface area contributed by atoms with Gasteiger partial charge in [-0.2, -0.15) is 0 Å². The number of nitrogens with zero attached hydrogens (tertiary/aromatic N) is 8. The smallest absolute Gasteiger partial charge is 0.320 e. The first-order valence-corrected chi connectivity index (χ1v) is 20.7. The standard InChI is InChI=1S/C22H21N5O3S2.C14H15ClN4O2S/c28-18-9-13-1-2-14(10-16(13)31-18)25-20-19-15-3-4-27(22(29)26-5-7-30-8-6-26)11-17(15)32-21(19)24-12-23-20;15-12-11-9-1-2-19(14(20)18-3-5-21-6-4-18)7-10(9)22-13(11)17-8-16-12/h1-2,10,12H,3-9,11H2,(H,23,24,25);8H,1-7H2. The predicted octanol–water partition coefficient (Wildman–Crippen LogP) is 5.58. The first kappa shape index (κ1) is 35.6. The fourth-order valence-corrected chi connectivity index (χ4v) is 11.1. The Morgan fingerprint density at radius 2 is 1.30 bits per heavy atom. The lowest BCUT2D eigenvalue weighted by Gasteiger charge is -2.34. The first-order chi connectivity index (χ1) is 26.4. The molecule has 0 atom stereocenters. The Hall–Kier alpha value is -4.13. The number of benzene rings is 1. The van der Waals surface area contributed by atoms with Gasteiger partial charge in [-0.05, 0) is 41.7 Å². The Morgan fingerprint density at radius 1 is 0.722 bits per heavy atom. The summed E-state index contributed by atoms with van der Waals surface area (Å²) in [5, 5.41) is 6.13. The SMILES string of the molecule is O=C(N1CCOCC1)N1CCc2c(sc3ncnc(Cl)c23)C1.O=C1Cc2ccc(Nc3ncnc4sc5c(c34)CCN(C(=O)N3CCOCC3)C5)cc2S1. The van der Waals surface area contributed by atoms with Gasteiger partial charge in [0.2, 0.25) is 0 Å². The molecule has 0 aliphatic carbocycles. The second-order valence-electron chi connectivity index (χ2n) is 13.5. The van der Waals surface area contributed by atoms with Crippen molar-refractivity contribution in [3.05, 3.63) is 62.5 Å². The zero-order valence-electron chi connectivity index (χ0n) is 29.2. The molecule has 2 saturated heterocycles. The van der Waals surface area contributed by atoms with Crippen LogP contribution in [0.4, 0.5) is 21.1 Å². The summed E-state index contributed by atoms with van der Waals surface area (Å²) in [5.74, 6) is 0.773. The number of amides is 4. The van der Waals surface area contributed by atoms with Crippen LogP contribution >= 0.6 is 46.0 Å². The molecule has 5 aliphatic rings. The number of hydrogen-bond donors (Lipinski definition) is 1. The van der Waals surface area contributed by atoms with Crippen LogP contribution in [0.3, 0.4) is 0 Å².